The Morgan fingerprint density at radius 1 is 1.38 bits per heavy atom. The molecule has 1 aliphatic rings. The van der Waals surface area contributed by atoms with Crippen molar-refractivity contribution in [2.75, 3.05) is 13.2 Å². The Morgan fingerprint density at radius 2 is 2.12 bits per heavy atom. The molecule has 1 saturated heterocycles. The summed E-state index contributed by atoms with van der Waals surface area (Å²) in [4.78, 5) is 14.2. The van der Waals surface area contributed by atoms with Crippen LogP contribution in [0.2, 0.25) is 0 Å². The van der Waals surface area contributed by atoms with E-state index in [1.54, 1.807) is 0 Å². The van der Waals surface area contributed by atoms with Crippen molar-refractivity contribution in [3.05, 3.63) is 0 Å². The minimum absolute atomic E-state index is 0.0342. The summed E-state index contributed by atoms with van der Waals surface area (Å²) in [5.41, 5.74) is 0. The van der Waals surface area contributed by atoms with E-state index in [9.17, 15) is 4.79 Å². The first-order valence-electron chi connectivity index (χ1n) is 6.63. The fraction of sp³-hybridized carbons (Fsp3) is 0.923. The lowest BCUT2D eigenvalue weighted by Crippen LogP contribution is -2.46. The second kappa shape index (κ2) is 6.89. The van der Waals surface area contributed by atoms with Crippen molar-refractivity contribution in [3.8, 4) is 0 Å². The molecular formula is C13H25NO2. The molecule has 3 heteroatoms. The second-order valence-electron chi connectivity index (χ2n) is 4.61. The molecule has 1 fully saturated rings. The van der Waals surface area contributed by atoms with E-state index in [4.69, 9.17) is 4.74 Å². The summed E-state index contributed by atoms with van der Waals surface area (Å²) in [6.07, 6.45) is 5.84. The number of carbonyl (C=O) groups is 1. The third-order valence-electron chi connectivity index (χ3n) is 3.45. The monoisotopic (exact) mass is 227 g/mol. The lowest BCUT2D eigenvalue weighted by atomic mass is 10.1. The third kappa shape index (κ3) is 3.48. The van der Waals surface area contributed by atoms with Gasteiger partial charge in [-0.2, -0.15) is 0 Å². The van der Waals surface area contributed by atoms with Crippen molar-refractivity contribution in [1.82, 2.24) is 4.90 Å². The van der Waals surface area contributed by atoms with Crippen LogP contribution in [0.1, 0.15) is 52.9 Å². The maximum absolute atomic E-state index is 11.9. The van der Waals surface area contributed by atoms with Crippen molar-refractivity contribution >= 4 is 5.97 Å². The molecule has 2 atom stereocenters. The number of ether oxygens (including phenoxy) is 1. The highest BCUT2D eigenvalue weighted by atomic mass is 16.5. The average molecular weight is 227 g/mol. The first-order chi connectivity index (χ1) is 7.70. The molecule has 1 heterocycles. The zero-order valence-corrected chi connectivity index (χ0v) is 10.9. The summed E-state index contributed by atoms with van der Waals surface area (Å²) in [6.45, 7) is 7.69. The molecule has 2 unspecified atom stereocenters. The summed E-state index contributed by atoms with van der Waals surface area (Å²) in [5.74, 6) is -0.0428. The average Bonchev–Trinajstić information content (AvgIpc) is 2.46. The van der Waals surface area contributed by atoms with Crippen LogP contribution in [0.5, 0.6) is 0 Å². The van der Waals surface area contributed by atoms with Gasteiger partial charge in [0.1, 0.15) is 6.04 Å². The van der Waals surface area contributed by atoms with Crippen molar-refractivity contribution < 1.29 is 9.53 Å². The van der Waals surface area contributed by atoms with Gasteiger partial charge >= 0.3 is 5.97 Å². The molecule has 0 radical (unpaired) electrons. The SMILES string of the molecule is CCOC(=O)C(CC)N1CCCCCC1C. The fourth-order valence-electron chi connectivity index (χ4n) is 2.54. The van der Waals surface area contributed by atoms with E-state index < -0.39 is 0 Å². The van der Waals surface area contributed by atoms with Crippen molar-refractivity contribution in [2.24, 2.45) is 0 Å². The topological polar surface area (TPSA) is 29.5 Å². The van der Waals surface area contributed by atoms with Gasteiger partial charge in [0, 0.05) is 6.04 Å². The van der Waals surface area contributed by atoms with Crippen molar-refractivity contribution in [2.45, 2.75) is 65.0 Å². The lowest BCUT2D eigenvalue weighted by Gasteiger charge is -2.33. The van der Waals surface area contributed by atoms with Gasteiger partial charge in [0.2, 0.25) is 0 Å². The number of rotatable bonds is 4. The highest BCUT2D eigenvalue weighted by Crippen LogP contribution is 2.20. The number of hydrogen-bond donors (Lipinski definition) is 0. The number of carbonyl (C=O) groups excluding carboxylic acids is 1. The Bertz CT molecular complexity index is 218. The molecular weight excluding hydrogens is 202 g/mol. The van der Waals surface area contributed by atoms with E-state index in [2.05, 4.69) is 18.7 Å². The van der Waals surface area contributed by atoms with Gasteiger partial charge in [-0.1, -0.05) is 19.8 Å². The number of nitrogens with zero attached hydrogens (tertiary/aromatic N) is 1. The molecule has 0 aliphatic carbocycles. The summed E-state index contributed by atoms with van der Waals surface area (Å²) >= 11 is 0. The Morgan fingerprint density at radius 3 is 2.75 bits per heavy atom. The standard InChI is InChI=1S/C13H25NO2/c1-4-12(13(15)16-5-2)14-10-8-6-7-9-11(14)3/h11-12H,4-10H2,1-3H3. The fourth-order valence-corrected chi connectivity index (χ4v) is 2.54. The largest absolute Gasteiger partial charge is 0.465 e. The number of hydrogen-bond acceptors (Lipinski definition) is 3. The summed E-state index contributed by atoms with van der Waals surface area (Å²) in [5, 5.41) is 0. The van der Waals surface area contributed by atoms with Crippen molar-refractivity contribution in [1.29, 1.82) is 0 Å². The molecule has 0 aromatic carbocycles. The van der Waals surface area contributed by atoms with Gasteiger partial charge in [-0.15, -0.1) is 0 Å². The van der Waals surface area contributed by atoms with Gasteiger partial charge < -0.3 is 4.74 Å². The summed E-state index contributed by atoms with van der Waals surface area (Å²) in [6, 6.07) is 0.477. The maximum Gasteiger partial charge on any atom is 0.323 e. The van der Waals surface area contributed by atoms with E-state index in [1.807, 2.05) is 6.92 Å². The van der Waals surface area contributed by atoms with Crippen LogP contribution in [0.3, 0.4) is 0 Å². The third-order valence-corrected chi connectivity index (χ3v) is 3.45. The Labute approximate surface area is 99.1 Å². The van der Waals surface area contributed by atoms with Crippen LogP contribution >= 0.6 is 0 Å². The molecule has 0 saturated carbocycles. The van der Waals surface area contributed by atoms with Gasteiger partial charge in [-0.25, -0.2) is 0 Å². The van der Waals surface area contributed by atoms with Crippen LogP contribution in [0, 0.1) is 0 Å². The summed E-state index contributed by atoms with van der Waals surface area (Å²) < 4.78 is 5.16. The molecule has 0 aromatic heterocycles. The van der Waals surface area contributed by atoms with Crippen LogP contribution in [0.15, 0.2) is 0 Å². The first-order valence-corrected chi connectivity index (χ1v) is 6.63. The van der Waals surface area contributed by atoms with Gasteiger partial charge in [0.05, 0.1) is 6.61 Å². The Balaban J connectivity index is 2.64. The smallest absolute Gasteiger partial charge is 0.323 e. The first kappa shape index (κ1) is 13.5. The number of likely N-dealkylation sites (tertiary alicyclic amines) is 1. The molecule has 1 aliphatic heterocycles. The minimum Gasteiger partial charge on any atom is -0.465 e. The normalized spacial score (nSPS) is 24.8. The Hall–Kier alpha value is -0.570. The zero-order chi connectivity index (χ0) is 12.0. The van der Waals surface area contributed by atoms with Gasteiger partial charge in [-0.05, 0) is 39.7 Å². The molecule has 0 spiro atoms. The molecule has 3 nitrogen and oxygen atoms in total. The minimum atomic E-state index is -0.0428. The highest BCUT2D eigenvalue weighted by molar-refractivity contribution is 5.75. The molecule has 94 valence electrons. The molecule has 16 heavy (non-hydrogen) atoms. The van der Waals surface area contributed by atoms with E-state index in [0.29, 0.717) is 12.6 Å². The Kier molecular flexibility index (Phi) is 5.81. The van der Waals surface area contributed by atoms with Crippen LogP contribution in [0.4, 0.5) is 0 Å². The zero-order valence-electron chi connectivity index (χ0n) is 10.9. The van der Waals surface area contributed by atoms with Gasteiger partial charge in [-0.3, -0.25) is 9.69 Å². The van der Waals surface area contributed by atoms with E-state index >= 15 is 0 Å². The lowest BCUT2D eigenvalue weighted by molar-refractivity contribution is -0.150. The second-order valence-corrected chi connectivity index (χ2v) is 4.61. The van der Waals surface area contributed by atoms with Gasteiger partial charge in [0.25, 0.3) is 0 Å². The van der Waals surface area contributed by atoms with Crippen LogP contribution in [-0.2, 0) is 9.53 Å². The quantitative estimate of drug-likeness (QED) is 0.691. The van der Waals surface area contributed by atoms with E-state index in [-0.39, 0.29) is 12.0 Å². The van der Waals surface area contributed by atoms with E-state index in [1.165, 1.54) is 25.7 Å². The van der Waals surface area contributed by atoms with E-state index in [0.717, 1.165) is 13.0 Å². The maximum atomic E-state index is 11.9. The number of esters is 1. The van der Waals surface area contributed by atoms with Crippen molar-refractivity contribution in [3.63, 3.8) is 0 Å². The molecule has 0 N–H and O–H groups in total. The predicted octanol–water partition coefficient (Wildman–Crippen LogP) is 2.59. The molecule has 0 aromatic rings. The highest BCUT2D eigenvalue weighted by Gasteiger charge is 2.29. The molecule has 0 amide bonds. The summed E-state index contributed by atoms with van der Waals surface area (Å²) in [7, 11) is 0. The molecule has 1 rings (SSSR count). The van der Waals surface area contributed by atoms with Crippen LogP contribution < -0.4 is 0 Å². The van der Waals surface area contributed by atoms with Crippen LogP contribution in [-0.4, -0.2) is 36.1 Å². The predicted molar refractivity (Wildman–Crippen MR) is 65.3 cm³/mol. The van der Waals surface area contributed by atoms with Gasteiger partial charge in [0.15, 0.2) is 0 Å². The van der Waals surface area contributed by atoms with Crippen LogP contribution in [0.25, 0.3) is 0 Å². The molecule has 0 bridgehead atoms.